The summed E-state index contributed by atoms with van der Waals surface area (Å²) in [6.45, 7) is 6.54. The Kier molecular flexibility index (Phi) is 6.41. The highest BCUT2D eigenvalue weighted by molar-refractivity contribution is 5.92. The largest absolute Gasteiger partial charge is 0.348 e. The van der Waals surface area contributed by atoms with Crippen LogP contribution < -0.4 is 10.6 Å². The fourth-order valence-electron chi connectivity index (χ4n) is 3.95. The monoisotopic (exact) mass is 341 g/mol. The molecule has 1 aliphatic heterocycles. The van der Waals surface area contributed by atoms with Crippen molar-refractivity contribution in [3.63, 3.8) is 0 Å². The molecule has 2 aliphatic rings. The van der Waals surface area contributed by atoms with Crippen molar-refractivity contribution in [1.29, 1.82) is 0 Å². The van der Waals surface area contributed by atoms with Crippen LogP contribution in [0, 0.1) is 11.8 Å². The van der Waals surface area contributed by atoms with Crippen LogP contribution in [0.3, 0.4) is 0 Å². The number of rotatable bonds is 3. The van der Waals surface area contributed by atoms with Crippen LogP contribution in [-0.2, 0) is 0 Å². The van der Waals surface area contributed by atoms with Crippen molar-refractivity contribution in [2.24, 2.45) is 11.8 Å². The van der Waals surface area contributed by atoms with Gasteiger partial charge >= 0.3 is 0 Å². The molecule has 0 spiro atoms. The number of amides is 1. The van der Waals surface area contributed by atoms with E-state index in [1.54, 1.807) is 6.20 Å². The number of nitrogens with one attached hydrogen (secondary N) is 2. The molecule has 1 saturated carbocycles. The summed E-state index contributed by atoms with van der Waals surface area (Å²) in [5.41, 5.74) is 0.449. The van der Waals surface area contributed by atoms with E-state index in [-0.39, 0.29) is 24.4 Å². The van der Waals surface area contributed by atoms with Gasteiger partial charge in [-0.3, -0.25) is 4.79 Å². The second-order valence-electron chi connectivity index (χ2n) is 7.15. The molecule has 1 aliphatic carbocycles. The Morgan fingerprint density at radius 3 is 2.52 bits per heavy atom. The number of halogens is 1. The first-order chi connectivity index (χ1) is 10.6. The normalized spacial score (nSPS) is 28.9. The minimum absolute atomic E-state index is 0. The molecule has 1 aromatic heterocycles. The zero-order valence-corrected chi connectivity index (χ0v) is 14.8. The van der Waals surface area contributed by atoms with Crippen molar-refractivity contribution in [3.8, 4) is 0 Å². The molecule has 1 saturated heterocycles. The summed E-state index contributed by atoms with van der Waals surface area (Å²) in [7, 11) is 0. The van der Waals surface area contributed by atoms with Crippen molar-refractivity contribution < 1.29 is 4.79 Å². The average molecular weight is 342 g/mol. The van der Waals surface area contributed by atoms with Crippen LogP contribution in [0.4, 0.5) is 0 Å². The summed E-state index contributed by atoms with van der Waals surface area (Å²) in [5, 5.41) is 14.7. The lowest BCUT2D eigenvalue weighted by atomic mass is 9.80. The summed E-state index contributed by atoms with van der Waals surface area (Å²) < 4.78 is 1.86. The van der Waals surface area contributed by atoms with Gasteiger partial charge in [-0.1, -0.05) is 19.1 Å². The number of piperidine rings is 1. The molecule has 0 radical (unpaired) electrons. The van der Waals surface area contributed by atoms with Crippen LogP contribution in [0.25, 0.3) is 0 Å². The lowest BCUT2D eigenvalue weighted by Crippen LogP contribution is -2.40. The number of carbonyl (C=O) groups excluding carboxylic acids is 1. The minimum atomic E-state index is -0.0773. The van der Waals surface area contributed by atoms with E-state index in [9.17, 15) is 4.79 Å². The number of aromatic nitrogens is 3. The zero-order valence-electron chi connectivity index (χ0n) is 14.0. The molecule has 2 heterocycles. The molecule has 2 unspecified atom stereocenters. The van der Waals surface area contributed by atoms with Crippen molar-refractivity contribution in [2.45, 2.75) is 58.0 Å². The third kappa shape index (κ3) is 4.67. The highest BCUT2D eigenvalue weighted by Crippen LogP contribution is 2.28. The third-order valence-electron chi connectivity index (χ3n) is 4.94. The molecular weight excluding hydrogens is 314 g/mol. The third-order valence-corrected chi connectivity index (χ3v) is 4.94. The quantitative estimate of drug-likeness (QED) is 0.884. The maximum Gasteiger partial charge on any atom is 0.273 e. The van der Waals surface area contributed by atoms with Crippen LogP contribution in [0.15, 0.2) is 6.20 Å². The van der Waals surface area contributed by atoms with Crippen molar-refractivity contribution in [3.05, 3.63) is 11.9 Å². The van der Waals surface area contributed by atoms with Gasteiger partial charge in [0, 0.05) is 6.04 Å². The van der Waals surface area contributed by atoms with Crippen LogP contribution in [-0.4, -0.2) is 40.0 Å². The number of hydrogen-bond acceptors (Lipinski definition) is 4. The van der Waals surface area contributed by atoms with Gasteiger partial charge in [0.15, 0.2) is 5.69 Å². The predicted octanol–water partition coefficient (Wildman–Crippen LogP) is 2.18. The van der Waals surface area contributed by atoms with Gasteiger partial charge in [-0.05, 0) is 57.0 Å². The van der Waals surface area contributed by atoms with Crippen LogP contribution in [0.5, 0.6) is 0 Å². The second kappa shape index (κ2) is 8.11. The minimum Gasteiger partial charge on any atom is -0.348 e. The number of hydrogen-bond donors (Lipinski definition) is 2. The Bertz CT molecular complexity index is 504. The first kappa shape index (κ1) is 18.2. The van der Waals surface area contributed by atoms with Crippen molar-refractivity contribution in [1.82, 2.24) is 25.6 Å². The van der Waals surface area contributed by atoms with E-state index in [1.165, 1.54) is 6.42 Å². The first-order valence-electron chi connectivity index (χ1n) is 8.55. The molecule has 2 N–H and O–H groups in total. The molecule has 0 aromatic carbocycles. The maximum absolute atomic E-state index is 12.4. The van der Waals surface area contributed by atoms with E-state index >= 15 is 0 Å². The summed E-state index contributed by atoms with van der Waals surface area (Å²) >= 11 is 0. The van der Waals surface area contributed by atoms with Gasteiger partial charge in [0.2, 0.25) is 0 Å². The van der Waals surface area contributed by atoms with E-state index in [1.807, 2.05) is 4.68 Å². The van der Waals surface area contributed by atoms with E-state index in [4.69, 9.17) is 0 Å². The summed E-state index contributed by atoms with van der Waals surface area (Å²) in [4.78, 5) is 12.4. The standard InChI is InChI=1S/C16H27N5O.ClH/c1-11-7-12(2)9-13(8-11)18-16(22)15-10-21(20-19-15)14-3-5-17-6-4-14;/h10-14,17H,3-9H2,1-2H3,(H,18,22);1H. The van der Waals surface area contributed by atoms with Crippen LogP contribution in [0.1, 0.15) is 62.5 Å². The molecule has 130 valence electrons. The fourth-order valence-corrected chi connectivity index (χ4v) is 3.95. The van der Waals surface area contributed by atoms with Gasteiger partial charge in [-0.2, -0.15) is 0 Å². The Balaban J connectivity index is 0.00000192. The van der Waals surface area contributed by atoms with Gasteiger partial charge in [0.25, 0.3) is 5.91 Å². The van der Waals surface area contributed by atoms with Gasteiger partial charge in [0.1, 0.15) is 0 Å². The molecule has 3 rings (SSSR count). The summed E-state index contributed by atoms with van der Waals surface area (Å²) in [6.07, 6.45) is 7.29. The molecule has 1 amide bonds. The Morgan fingerprint density at radius 2 is 1.87 bits per heavy atom. The van der Waals surface area contributed by atoms with E-state index in [0.29, 0.717) is 23.6 Å². The molecule has 23 heavy (non-hydrogen) atoms. The maximum atomic E-state index is 12.4. The molecule has 6 nitrogen and oxygen atoms in total. The lowest BCUT2D eigenvalue weighted by molar-refractivity contribution is 0.0906. The SMILES string of the molecule is CC1CC(C)CC(NC(=O)c2cn(C3CCNCC3)nn2)C1.Cl. The fraction of sp³-hybridized carbons (Fsp3) is 0.812. The summed E-state index contributed by atoms with van der Waals surface area (Å²) in [6, 6.07) is 0.639. The molecule has 2 fully saturated rings. The van der Waals surface area contributed by atoms with Crippen LogP contribution >= 0.6 is 12.4 Å². The Morgan fingerprint density at radius 1 is 1.22 bits per heavy atom. The van der Waals surface area contributed by atoms with Crippen LogP contribution in [0.2, 0.25) is 0 Å². The average Bonchev–Trinajstić information content (AvgIpc) is 2.97. The Hall–Kier alpha value is -1.14. The van der Waals surface area contributed by atoms with Crippen molar-refractivity contribution >= 4 is 18.3 Å². The number of nitrogens with zero attached hydrogens (tertiary/aromatic N) is 3. The van der Waals surface area contributed by atoms with E-state index in [0.717, 1.165) is 38.8 Å². The smallest absolute Gasteiger partial charge is 0.273 e. The van der Waals surface area contributed by atoms with Crippen molar-refractivity contribution in [2.75, 3.05) is 13.1 Å². The lowest BCUT2D eigenvalue weighted by Gasteiger charge is -2.31. The molecule has 0 bridgehead atoms. The number of carbonyl (C=O) groups is 1. The second-order valence-corrected chi connectivity index (χ2v) is 7.15. The highest BCUT2D eigenvalue weighted by Gasteiger charge is 2.26. The molecular formula is C16H28ClN5O. The summed E-state index contributed by atoms with van der Waals surface area (Å²) in [5.74, 6) is 1.28. The first-order valence-corrected chi connectivity index (χ1v) is 8.55. The Labute approximate surface area is 144 Å². The molecule has 1 aromatic rings. The highest BCUT2D eigenvalue weighted by atomic mass is 35.5. The zero-order chi connectivity index (χ0) is 15.5. The van der Waals surface area contributed by atoms with E-state index < -0.39 is 0 Å². The molecule has 7 heteroatoms. The van der Waals surface area contributed by atoms with Gasteiger partial charge in [0.05, 0.1) is 12.2 Å². The van der Waals surface area contributed by atoms with Gasteiger partial charge < -0.3 is 10.6 Å². The van der Waals surface area contributed by atoms with Gasteiger partial charge in [-0.25, -0.2) is 4.68 Å². The molecule has 2 atom stereocenters. The predicted molar refractivity (Wildman–Crippen MR) is 91.8 cm³/mol. The van der Waals surface area contributed by atoms with Gasteiger partial charge in [-0.15, -0.1) is 17.5 Å². The topological polar surface area (TPSA) is 71.8 Å². The van der Waals surface area contributed by atoms with E-state index in [2.05, 4.69) is 34.8 Å².